The van der Waals surface area contributed by atoms with Crippen molar-refractivity contribution in [3.8, 4) is 0 Å². The SMILES string of the molecule is Cc1ccc(C(=O)N2CCN(C(=O)C3CSCN3)CC2)s1.Cl. The number of thioether (sulfide) groups is 1. The molecule has 0 aromatic carbocycles. The van der Waals surface area contributed by atoms with Crippen molar-refractivity contribution in [3.05, 3.63) is 21.9 Å². The normalized spacial score (nSPS) is 21.6. The summed E-state index contributed by atoms with van der Waals surface area (Å²) >= 11 is 3.29. The van der Waals surface area contributed by atoms with Gasteiger partial charge in [-0.15, -0.1) is 35.5 Å². The number of rotatable bonds is 2. The summed E-state index contributed by atoms with van der Waals surface area (Å²) in [4.78, 5) is 30.3. The van der Waals surface area contributed by atoms with Crippen molar-refractivity contribution >= 4 is 47.3 Å². The molecule has 2 fully saturated rings. The van der Waals surface area contributed by atoms with Crippen LogP contribution in [0.25, 0.3) is 0 Å². The van der Waals surface area contributed by atoms with Gasteiger partial charge in [0.25, 0.3) is 5.91 Å². The molecule has 3 heterocycles. The Balaban J connectivity index is 0.00000176. The zero-order chi connectivity index (χ0) is 14.8. The third-order valence-corrected chi connectivity index (χ3v) is 5.77. The molecule has 2 amide bonds. The summed E-state index contributed by atoms with van der Waals surface area (Å²) in [5.41, 5.74) is 0. The molecule has 1 aromatic rings. The maximum absolute atomic E-state index is 12.4. The third-order valence-electron chi connectivity index (χ3n) is 3.84. The van der Waals surface area contributed by atoms with Crippen molar-refractivity contribution in [1.29, 1.82) is 0 Å². The van der Waals surface area contributed by atoms with Gasteiger partial charge < -0.3 is 9.80 Å². The van der Waals surface area contributed by atoms with Crippen LogP contribution in [0.15, 0.2) is 12.1 Å². The molecular weight excluding hydrogens is 342 g/mol. The molecule has 22 heavy (non-hydrogen) atoms. The first-order valence-corrected chi connectivity index (χ1v) is 9.08. The summed E-state index contributed by atoms with van der Waals surface area (Å²) in [6.07, 6.45) is 0. The van der Waals surface area contributed by atoms with Gasteiger partial charge in [-0.1, -0.05) is 0 Å². The molecule has 1 unspecified atom stereocenters. The molecule has 1 N–H and O–H groups in total. The van der Waals surface area contributed by atoms with Crippen LogP contribution in [0.5, 0.6) is 0 Å². The Hall–Kier alpha value is -0.760. The first-order valence-electron chi connectivity index (χ1n) is 7.11. The minimum Gasteiger partial charge on any atom is -0.338 e. The van der Waals surface area contributed by atoms with E-state index >= 15 is 0 Å². The van der Waals surface area contributed by atoms with Crippen LogP contribution in [0.3, 0.4) is 0 Å². The van der Waals surface area contributed by atoms with Gasteiger partial charge in [0.05, 0.1) is 10.9 Å². The van der Waals surface area contributed by atoms with Gasteiger partial charge in [-0.25, -0.2) is 0 Å². The molecule has 1 aromatic heterocycles. The number of piperazine rings is 1. The van der Waals surface area contributed by atoms with E-state index in [1.165, 1.54) is 11.3 Å². The number of nitrogens with zero attached hydrogens (tertiary/aromatic N) is 2. The Morgan fingerprint density at radius 1 is 1.18 bits per heavy atom. The Morgan fingerprint density at radius 3 is 2.41 bits per heavy atom. The van der Waals surface area contributed by atoms with Gasteiger partial charge in [-0.05, 0) is 19.1 Å². The molecule has 122 valence electrons. The zero-order valence-corrected chi connectivity index (χ0v) is 14.9. The average Bonchev–Trinajstić information content (AvgIpc) is 3.17. The minimum atomic E-state index is -0.0443. The largest absolute Gasteiger partial charge is 0.338 e. The van der Waals surface area contributed by atoms with Crippen LogP contribution in [0.1, 0.15) is 14.5 Å². The van der Waals surface area contributed by atoms with E-state index in [4.69, 9.17) is 0 Å². The number of nitrogens with one attached hydrogen (secondary N) is 1. The molecule has 0 saturated carbocycles. The Kier molecular flexibility index (Phi) is 6.14. The number of thiophene rings is 1. The average molecular weight is 362 g/mol. The van der Waals surface area contributed by atoms with E-state index in [-0.39, 0.29) is 30.3 Å². The van der Waals surface area contributed by atoms with Crippen molar-refractivity contribution < 1.29 is 9.59 Å². The second kappa shape index (κ2) is 7.68. The summed E-state index contributed by atoms with van der Waals surface area (Å²) in [5.74, 6) is 1.98. The number of hydrogen-bond donors (Lipinski definition) is 1. The smallest absolute Gasteiger partial charge is 0.264 e. The van der Waals surface area contributed by atoms with E-state index in [0.29, 0.717) is 26.2 Å². The van der Waals surface area contributed by atoms with Crippen molar-refractivity contribution in [2.24, 2.45) is 0 Å². The van der Waals surface area contributed by atoms with Crippen LogP contribution in [0, 0.1) is 6.92 Å². The molecule has 0 aliphatic carbocycles. The number of halogens is 1. The quantitative estimate of drug-likeness (QED) is 0.865. The first kappa shape index (κ1) is 17.6. The number of aryl methyl sites for hydroxylation is 1. The molecule has 0 bridgehead atoms. The third kappa shape index (κ3) is 3.76. The van der Waals surface area contributed by atoms with Crippen LogP contribution < -0.4 is 5.32 Å². The monoisotopic (exact) mass is 361 g/mol. The molecular formula is C14H20ClN3O2S2. The molecule has 8 heteroatoms. The van der Waals surface area contributed by atoms with E-state index in [0.717, 1.165) is 21.4 Å². The van der Waals surface area contributed by atoms with Gasteiger partial charge in [0, 0.05) is 42.7 Å². The van der Waals surface area contributed by atoms with Crippen LogP contribution in [-0.4, -0.2) is 65.5 Å². The maximum atomic E-state index is 12.4. The highest BCUT2D eigenvalue weighted by Gasteiger charge is 2.31. The number of hydrogen-bond acceptors (Lipinski definition) is 5. The maximum Gasteiger partial charge on any atom is 0.264 e. The summed E-state index contributed by atoms with van der Waals surface area (Å²) in [6, 6.07) is 3.82. The number of carbonyl (C=O) groups is 2. The van der Waals surface area contributed by atoms with Crippen molar-refractivity contribution in [3.63, 3.8) is 0 Å². The Bertz CT molecular complexity index is 538. The summed E-state index contributed by atoms with van der Waals surface area (Å²) in [5, 5.41) is 3.21. The van der Waals surface area contributed by atoms with Crippen molar-refractivity contribution in [2.75, 3.05) is 37.8 Å². The van der Waals surface area contributed by atoms with Gasteiger partial charge in [-0.3, -0.25) is 14.9 Å². The zero-order valence-electron chi connectivity index (χ0n) is 12.4. The summed E-state index contributed by atoms with van der Waals surface area (Å²) < 4.78 is 0. The summed E-state index contributed by atoms with van der Waals surface area (Å²) in [7, 11) is 0. The molecule has 1 atom stereocenters. The second-order valence-corrected chi connectivity index (χ2v) is 7.62. The van der Waals surface area contributed by atoms with E-state index in [1.807, 2.05) is 28.9 Å². The fourth-order valence-corrected chi connectivity index (χ4v) is 4.38. The lowest BCUT2D eigenvalue weighted by atomic mass is 10.2. The molecule has 2 saturated heterocycles. The number of amides is 2. The lowest BCUT2D eigenvalue weighted by Gasteiger charge is -2.35. The van der Waals surface area contributed by atoms with E-state index in [9.17, 15) is 9.59 Å². The lowest BCUT2D eigenvalue weighted by Crippen LogP contribution is -2.54. The van der Waals surface area contributed by atoms with Gasteiger partial charge in [0.1, 0.15) is 0 Å². The molecule has 2 aliphatic rings. The van der Waals surface area contributed by atoms with E-state index in [1.54, 1.807) is 11.8 Å². The predicted molar refractivity (Wildman–Crippen MR) is 93.0 cm³/mol. The Labute approximate surface area is 144 Å². The summed E-state index contributed by atoms with van der Waals surface area (Å²) in [6.45, 7) is 4.53. The van der Waals surface area contributed by atoms with Crippen molar-refractivity contribution in [1.82, 2.24) is 15.1 Å². The van der Waals surface area contributed by atoms with Crippen molar-refractivity contribution in [2.45, 2.75) is 13.0 Å². The lowest BCUT2D eigenvalue weighted by molar-refractivity contribution is -0.134. The topological polar surface area (TPSA) is 52.7 Å². The molecule has 0 radical (unpaired) electrons. The molecule has 0 spiro atoms. The van der Waals surface area contributed by atoms with Gasteiger partial charge in [0.15, 0.2) is 0 Å². The Morgan fingerprint density at radius 2 is 1.86 bits per heavy atom. The van der Waals surface area contributed by atoms with Gasteiger partial charge in [-0.2, -0.15) is 0 Å². The molecule has 2 aliphatic heterocycles. The second-order valence-electron chi connectivity index (χ2n) is 5.30. The molecule has 5 nitrogen and oxygen atoms in total. The highest BCUT2D eigenvalue weighted by Crippen LogP contribution is 2.19. The van der Waals surface area contributed by atoms with Crippen LogP contribution in [0.2, 0.25) is 0 Å². The highest BCUT2D eigenvalue weighted by molar-refractivity contribution is 7.99. The van der Waals surface area contributed by atoms with Crippen LogP contribution >= 0.6 is 35.5 Å². The van der Waals surface area contributed by atoms with Crippen LogP contribution in [0.4, 0.5) is 0 Å². The van der Waals surface area contributed by atoms with Gasteiger partial charge in [0.2, 0.25) is 5.91 Å². The standard InChI is InChI=1S/C14H19N3O2S2.ClH/c1-10-2-3-12(21-10)14(19)17-6-4-16(5-7-17)13(18)11-8-20-9-15-11;/h2-3,11,15H,4-9H2,1H3;1H. The van der Waals surface area contributed by atoms with E-state index < -0.39 is 0 Å². The fraction of sp³-hybridized carbons (Fsp3) is 0.571. The first-order chi connectivity index (χ1) is 10.1. The predicted octanol–water partition coefficient (Wildman–Crippen LogP) is 1.43. The van der Waals surface area contributed by atoms with E-state index in [2.05, 4.69) is 5.32 Å². The van der Waals surface area contributed by atoms with Crippen LogP contribution in [-0.2, 0) is 4.79 Å². The van der Waals surface area contributed by atoms with Gasteiger partial charge >= 0.3 is 0 Å². The minimum absolute atomic E-state index is 0. The molecule has 3 rings (SSSR count). The number of carbonyl (C=O) groups excluding carboxylic acids is 2. The fourth-order valence-electron chi connectivity index (χ4n) is 2.61. The highest BCUT2D eigenvalue weighted by atomic mass is 35.5.